The van der Waals surface area contributed by atoms with E-state index in [2.05, 4.69) is 420 Å². The van der Waals surface area contributed by atoms with Crippen molar-refractivity contribution in [3.05, 3.63) is 0 Å². The minimum absolute atomic E-state index is 0.381. The molecule has 97 heteroatoms. The van der Waals surface area contributed by atoms with Crippen LogP contribution in [0.1, 0.15) is 0 Å². The number of hydrogen-bond donors (Lipinski definition) is 0. The highest BCUT2D eigenvalue weighted by Gasteiger charge is 2.67. The molecular formula is H97P97-2. The van der Waals surface area contributed by atoms with Gasteiger partial charge in [0, 0.05) is 0 Å². The van der Waals surface area contributed by atoms with Gasteiger partial charge in [-0.1, -0.05) is 6.99 Å². The van der Waals surface area contributed by atoms with Gasteiger partial charge in [0.1, 0.15) is 0 Å². The van der Waals surface area contributed by atoms with E-state index in [1.165, 1.54) is 0 Å². The van der Waals surface area contributed by atoms with Crippen molar-refractivity contribution >= 4 is 774 Å². The predicted molar refractivity (Wildman–Crippen MR) is 807 cm³/mol. The highest BCUT2D eigenvalue weighted by molar-refractivity contribution is 9.60. The molecule has 584 valence electrons. The van der Waals surface area contributed by atoms with Crippen LogP contribution in [0.15, 0.2) is 0 Å². The summed E-state index contributed by atoms with van der Waals surface area (Å²) >= 11 is 0. The first-order valence-electron chi connectivity index (χ1n) is 22.0. The van der Waals surface area contributed by atoms with Gasteiger partial charge in [-0.3, -0.25) is 7.96 Å². The zero-order valence-electron chi connectivity index (χ0n) is 49.7. The van der Waals surface area contributed by atoms with Crippen molar-refractivity contribution < 1.29 is 0 Å². The van der Waals surface area contributed by atoms with Crippen LogP contribution in [0.5, 0.6) is 0 Å². The standard InChI is InChI=1S/H97P97/c1-50-75(51(2)3)87(74(48)49)93(86(72(44)45)73(46)47)96(92(84(68(36)37)69(38)39)85(70(40)41)71(42)43)97(94(88(76(52(4)5)53(6)7)77(54(8)9)55(10)11)89(78(56(12)13)57(14)15)79(58(16)17)59(18)19)95(90(80(60(20)21)61(22)23)81(62(24)25)63(26)27)91(82(64(28)29)65(30)31)83(66(32)33)67(34)35/h1-2,50H,3-49H2/q-2. The van der Waals surface area contributed by atoms with Gasteiger partial charge in [-0.2, -0.15) is 0 Å². The normalized spacial score (nSPS) is 16.2. The van der Waals surface area contributed by atoms with Crippen molar-refractivity contribution in [1.29, 1.82) is 0 Å². The molecule has 0 saturated carbocycles. The van der Waals surface area contributed by atoms with E-state index in [9.17, 15) is 0 Å². The van der Waals surface area contributed by atoms with E-state index in [0.717, 1.165) is 7.96 Å². The third-order valence-corrected chi connectivity index (χ3v) is 695. The van der Waals surface area contributed by atoms with Crippen LogP contribution in [0.3, 0.4) is 0 Å². The fraction of sp³-hybridized carbons (Fsp3) is 0. The largest absolute Gasteiger partial charge is 0.524 e. The molecule has 0 N–H and O–H groups in total. The molecule has 0 aromatic rings. The van der Waals surface area contributed by atoms with E-state index in [0.29, 0.717) is 0 Å². The van der Waals surface area contributed by atoms with Crippen LogP contribution in [0, 0.1) is 0 Å². The molecule has 0 heterocycles. The van der Waals surface area contributed by atoms with Gasteiger partial charge in [-0.25, -0.2) is 6.99 Å². The van der Waals surface area contributed by atoms with Crippen LogP contribution in [0.4, 0.5) is 0 Å². The Morgan fingerprint density at radius 3 is 0.258 bits per heavy atom. The van der Waals surface area contributed by atoms with Crippen LogP contribution >= 0.6 is 774 Å². The lowest BCUT2D eigenvalue weighted by Crippen LogP contribution is -1.77. The van der Waals surface area contributed by atoms with Gasteiger partial charge in [0.25, 0.3) is 0 Å². The molecule has 0 fully saturated rings. The molecule has 0 amide bonds. The van der Waals surface area contributed by atoms with Gasteiger partial charge in [-0.15, -0.1) is 420 Å². The summed E-state index contributed by atoms with van der Waals surface area (Å²) in [7, 11) is 188. The average molecular weight is 3100 g/mol. The molecule has 0 spiro atoms. The monoisotopic (exact) mass is 3100 g/mol. The maximum absolute atomic E-state index is 4.83. The van der Waals surface area contributed by atoms with Crippen LogP contribution < -0.4 is 0 Å². The van der Waals surface area contributed by atoms with Gasteiger partial charge >= 0.3 is 0 Å². The molecule has 53 atom stereocenters. The summed E-state index contributed by atoms with van der Waals surface area (Å²) < 4.78 is 0. The molecule has 0 saturated heterocycles. The van der Waals surface area contributed by atoms with E-state index >= 15 is 0 Å². The first kappa shape index (κ1) is 139. The van der Waals surface area contributed by atoms with E-state index in [1.807, 2.05) is 0 Å². The van der Waals surface area contributed by atoms with Gasteiger partial charge in [0.15, 0.2) is 0 Å². The Morgan fingerprint density at radius 1 is 0.124 bits per heavy atom. The lowest BCUT2D eigenvalue weighted by Gasteiger charge is -2.64. The van der Waals surface area contributed by atoms with Crippen LogP contribution in [0.2, 0.25) is 0 Å². The highest BCUT2D eigenvalue weighted by Crippen LogP contribution is 3.54. The van der Waals surface area contributed by atoms with Crippen molar-refractivity contribution in [2.75, 3.05) is 0 Å². The second-order valence-corrected chi connectivity index (χ2v) is 416. The quantitative estimate of drug-likeness (QED) is 0.0533. The topological polar surface area (TPSA) is 0 Å². The third kappa shape index (κ3) is 48.9. The lowest BCUT2D eigenvalue weighted by atomic mass is 28.3. The Bertz CT molecular complexity index is 1610. The molecule has 0 aliphatic heterocycles. The first-order valence-corrected chi connectivity index (χ1v) is 198. The summed E-state index contributed by atoms with van der Waals surface area (Å²) in [6, 6.07) is 0. The average Bonchev–Trinajstić information content (AvgIpc) is 3.37. The van der Waals surface area contributed by atoms with Gasteiger partial charge in [0.05, 0.1) is 0 Å². The third-order valence-electron chi connectivity index (χ3n) is 8.58. The fourth-order valence-electron chi connectivity index (χ4n) is 5.94. The van der Waals surface area contributed by atoms with Crippen LogP contribution in [0.25, 0.3) is 0 Å². The van der Waals surface area contributed by atoms with E-state index < -0.39 is 321 Å². The minimum Gasteiger partial charge on any atom is -0.524 e. The van der Waals surface area contributed by atoms with Crippen molar-refractivity contribution in [3.8, 4) is 0 Å². The Kier molecular flexibility index (Phi) is 109. The minimum atomic E-state index is -0.639. The SMILES string of the molecule is [PH-]PP(P([PH-])P)P(P(P)P)P(P(P(P)P)P(P)P)P(P(P(P(P)P)P(P)P)P(P(P)P)P(P)P)P(P(P(P(P(P)P)P(P)P)P(P(P)P)P(P)P)P(P(P(P)P)P(P)P)P(P(P)P)P(P)P)P(P(P(P(P)P)P(P)P)P(P(P)P)P(P)P)P(P(P(P)P)P(P)P)P(P(P)P)P(P)P. The summed E-state index contributed by atoms with van der Waals surface area (Å²) in [6.45, 7) is -21.2. The summed E-state index contributed by atoms with van der Waals surface area (Å²) in [5.74, 6) is 0. The maximum atomic E-state index is 4.83. The molecule has 53 unspecified atom stereocenters. The smallest absolute Gasteiger partial charge is 0.000000255 e. The van der Waals surface area contributed by atoms with E-state index in [4.69, 9.17) is 17.9 Å². The van der Waals surface area contributed by atoms with Crippen molar-refractivity contribution in [1.82, 2.24) is 0 Å². The molecular weight excluding hydrogens is 3000 g/mol. The van der Waals surface area contributed by atoms with E-state index in [-0.39, 0.29) is 6.99 Å². The van der Waals surface area contributed by atoms with Crippen molar-refractivity contribution in [2.24, 2.45) is 0 Å². The molecule has 0 rings (SSSR count). The Morgan fingerprint density at radius 2 is 0.196 bits per heavy atom. The van der Waals surface area contributed by atoms with Crippen molar-refractivity contribution in [3.63, 3.8) is 0 Å². The van der Waals surface area contributed by atoms with Gasteiger partial charge < -0.3 is 17.9 Å². The summed E-state index contributed by atoms with van der Waals surface area (Å²) in [5.41, 5.74) is 0. The first-order chi connectivity index (χ1) is 44.2. The molecule has 97 heavy (non-hydrogen) atoms. The molecule has 0 aromatic heterocycles. The van der Waals surface area contributed by atoms with Crippen molar-refractivity contribution in [2.45, 2.75) is 0 Å². The van der Waals surface area contributed by atoms with Crippen LogP contribution in [-0.4, -0.2) is 0 Å². The van der Waals surface area contributed by atoms with Gasteiger partial charge in [-0.05, 0) is 314 Å². The molecule has 0 aromatic carbocycles. The fourth-order valence-corrected chi connectivity index (χ4v) is 1440. The molecule has 0 aliphatic rings. The van der Waals surface area contributed by atoms with Crippen LogP contribution in [-0.2, 0) is 0 Å². The maximum Gasteiger partial charge on any atom is -0.000000255 e. The second kappa shape index (κ2) is 76.3. The molecule has 0 aliphatic carbocycles. The number of hydrogen-bond acceptors (Lipinski definition) is 0. The zero-order valence-corrected chi connectivity index (χ0v) is 149. The highest BCUT2D eigenvalue weighted by atomic mass is 33.7. The molecule has 0 bridgehead atoms. The molecule has 0 radical (unpaired) electrons. The second-order valence-electron chi connectivity index (χ2n) is 15.4. The summed E-state index contributed by atoms with van der Waals surface area (Å²) in [6.07, 6.45) is 0. The predicted octanol–water partition coefficient (Wildman–Crippen LogP) is 57.6. The summed E-state index contributed by atoms with van der Waals surface area (Å²) in [5, 5.41) is 0. The summed E-state index contributed by atoms with van der Waals surface area (Å²) in [4.78, 5) is 0. The Balaban J connectivity index is 14.4. The van der Waals surface area contributed by atoms with E-state index in [1.54, 1.807) is 0 Å². The molecule has 0 nitrogen and oxygen atoms in total. The number of rotatable bonds is 47. The lowest BCUT2D eigenvalue weighted by molar-refractivity contribution is 4.29. The Hall–Kier alpha value is 41.7. The van der Waals surface area contributed by atoms with Gasteiger partial charge in [0.2, 0.25) is 0 Å². The zero-order chi connectivity index (χ0) is 76.8. The Labute approximate surface area is 761 Å².